The molecule has 1 fully saturated rings. The second-order valence-electron chi connectivity index (χ2n) is 6.51. The van der Waals surface area contributed by atoms with Gasteiger partial charge in [-0.1, -0.05) is 38.1 Å². The van der Waals surface area contributed by atoms with Gasteiger partial charge in [0.1, 0.15) is 0 Å². The van der Waals surface area contributed by atoms with Crippen LogP contribution in [0.3, 0.4) is 0 Å². The summed E-state index contributed by atoms with van der Waals surface area (Å²) in [5, 5.41) is 4.04. The molecule has 23 heavy (non-hydrogen) atoms. The molecular formula is C18H28N4O. The molecular weight excluding hydrogens is 288 g/mol. The first-order chi connectivity index (χ1) is 11.0. The van der Waals surface area contributed by atoms with Crippen molar-refractivity contribution in [2.75, 3.05) is 39.8 Å². The SMILES string of the molecule is CC(C)c1ccc(/C=N/NC(=O)CCN2CCN(C)CC2)cc1. The third-order valence-corrected chi connectivity index (χ3v) is 4.26. The van der Waals surface area contributed by atoms with Gasteiger partial charge in [-0.15, -0.1) is 0 Å². The number of hydrogen-bond donors (Lipinski definition) is 1. The molecule has 0 unspecified atom stereocenters. The smallest absolute Gasteiger partial charge is 0.241 e. The van der Waals surface area contributed by atoms with Crippen molar-refractivity contribution in [1.29, 1.82) is 0 Å². The summed E-state index contributed by atoms with van der Waals surface area (Å²) in [6, 6.07) is 8.24. The molecule has 0 aromatic heterocycles. The zero-order valence-corrected chi connectivity index (χ0v) is 14.5. The van der Waals surface area contributed by atoms with Gasteiger partial charge in [-0.3, -0.25) is 4.79 Å². The van der Waals surface area contributed by atoms with Gasteiger partial charge < -0.3 is 9.80 Å². The van der Waals surface area contributed by atoms with E-state index in [4.69, 9.17) is 0 Å². The highest BCUT2D eigenvalue weighted by atomic mass is 16.2. The number of carbonyl (C=O) groups is 1. The van der Waals surface area contributed by atoms with Crippen LogP contribution in [-0.2, 0) is 4.79 Å². The summed E-state index contributed by atoms with van der Waals surface area (Å²) in [5.41, 5.74) is 4.91. The fourth-order valence-corrected chi connectivity index (χ4v) is 2.53. The van der Waals surface area contributed by atoms with Crippen LogP contribution >= 0.6 is 0 Å². The van der Waals surface area contributed by atoms with Crippen molar-refractivity contribution in [3.63, 3.8) is 0 Å². The highest BCUT2D eigenvalue weighted by Gasteiger charge is 2.14. The quantitative estimate of drug-likeness (QED) is 0.644. The van der Waals surface area contributed by atoms with Crippen molar-refractivity contribution in [3.8, 4) is 0 Å². The summed E-state index contributed by atoms with van der Waals surface area (Å²) in [6.07, 6.45) is 2.19. The first-order valence-corrected chi connectivity index (χ1v) is 8.37. The summed E-state index contributed by atoms with van der Waals surface area (Å²) in [5.74, 6) is 0.495. The first kappa shape index (κ1) is 17.6. The van der Waals surface area contributed by atoms with E-state index in [0.29, 0.717) is 12.3 Å². The van der Waals surface area contributed by atoms with Gasteiger partial charge in [0, 0.05) is 39.1 Å². The minimum atomic E-state index is -0.0287. The molecule has 0 radical (unpaired) electrons. The molecule has 5 heteroatoms. The molecule has 1 aromatic rings. The molecule has 5 nitrogen and oxygen atoms in total. The number of nitrogens with one attached hydrogen (secondary N) is 1. The summed E-state index contributed by atoms with van der Waals surface area (Å²) in [7, 11) is 2.13. The Balaban J connectivity index is 1.69. The van der Waals surface area contributed by atoms with Crippen molar-refractivity contribution >= 4 is 12.1 Å². The second-order valence-corrected chi connectivity index (χ2v) is 6.51. The van der Waals surface area contributed by atoms with Crippen molar-refractivity contribution < 1.29 is 4.79 Å². The van der Waals surface area contributed by atoms with Crippen LogP contribution in [0.15, 0.2) is 29.4 Å². The Kier molecular flexibility index (Phi) is 6.74. The molecule has 0 atom stereocenters. The summed E-state index contributed by atoms with van der Waals surface area (Å²) < 4.78 is 0. The molecule has 126 valence electrons. The third-order valence-electron chi connectivity index (χ3n) is 4.26. The van der Waals surface area contributed by atoms with Crippen molar-refractivity contribution in [3.05, 3.63) is 35.4 Å². The Labute approximate surface area is 139 Å². The molecule has 1 aromatic carbocycles. The highest BCUT2D eigenvalue weighted by Crippen LogP contribution is 2.13. The van der Waals surface area contributed by atoms with E-state index in [9.17, 15) is 4.79 Å². The number of amides is 1. The van der Waals surface area contributed by atoms with Gasteiger partial charge in [0.2, 0.25) is 5.91 Å². The van der Waals surface area contributed by atoms with Gasteiger partial charge >= 0.3 is 0 Å². The Bertz CT molecular complexity index is 516. The van der Waals surface area contributed by atoms with E-state index >= 15 is 0 Å². The summed E-state index contributed by atoms with van der Waals surface area (Å²) in [6.45, 7) is 9.37. The monoisotopic (exact) mass is 316 g/mol. The van der Waals surface area contributed by atoms with Crippen LogP contribution in [0.1, 0.15) is 37.3 Å². The van der Waals surface area contributed by atoms with Crippen LogP contribution in [0, 0.1) is 0 Å². The number of likely N-dealkylation sites (N-methyl/N-ethyl adjacent to an activating group) is 1. The average Bonchev–Trinajstić information content (AvgIpc) is 2.55. The number of hydrazone groups is 1. The van der Waals surface area contributed by atoms with Crippen LogP contribution in [-0.4, -0.2) is 61.7 Å². The largest absolute Gasteiger partial charge is 0.304 e. The maximum absolute atomic E-state index is 11.8. The van der Waals surface area contributed by atoms with E-state index < -0.39 is 0 Å². The predicted octanol–water partition coefficient (Wildman–Crippen LogP) is 1.90. The van der Waals surface area contributed by atoms with Gasteiger partial charge in [-0.25, -0.2) is 5.43 Å². The van der Waals surface area contributed by atoms with E-state index in [1.54, 1.807) is 6.21 Å². The number of carbonyl (C=O) groups excluding carboxylic acids is 1. The molecule has 1 N–H and O–H groups in total. The molecule has 1 heterocycles. The molecule has 1 saturated heterocycles. The maximum atomic E-state index is 11.8. The van der Waals surface area contributed by atoms with Gasteiger partial charge in [-0.05, 0) is 24.1 Å². The lowest BCUT2D eigenvalue weighted by atomic mass is 10.0. The number of benzene rings is 1. The van der Waals surface area contributed by atoms with Crippen molar-refractivity contribution in [2.45, 2.75) is 26.2 Å². The molecule has 0 spiro atoms. The van der Waals surface area contributed by atoms with Crippen LogP contribution in [0.2, 0.25) is 0 Å². The Morgan fingerprint density at radius 2 is 1.87 bits per heavy atom. The molecule has 1 aliphatic heterocycles. The zero-order valence-electron chi connectivity index (χ0n) is 14.5. The number of piperazine rings is 1. The standard InChI is InChI=1S/C18H28N4O/c1-15(2)17-6-4-16(5-7-17)14-19-20-18(23)8-9-22-12-10-21(3)11-13-22/h4-7,14-15H,8-13H2,1-3H3,(H,20,23)/b19-14+. The first-order valence-electron chi connectivity index (χ1n) is 8.37. The average molecular weight is 316 g/mol. The Morgan fingerprint density at radius 1 is 1.22 bits per heavy atom. The second kappa shape index (κ2) is 8.79. The minimum Gasteiger partial charge on any atom is -0.304 e. The van der Waals surface area contributed by atoms with Gasteiger partial charge in [-0.2, -0.15) is 5.10 Å². The Hall–Kier alpha value is -1.72. The van der Waals surface area contributed by atoms with Gasteiger partial charge in [0.15, 0.2) is 0 Å². The van der Waals surface area contributed by atoms with Crippen LogP contribution in [0.25, 0.3) is 0 Å². The fraction of sp³-hybridized carbons (Fsp3) is 0.556. The van der Waals surface area contributed by atoms with E-state index in [1.165, 1.54) is 5.56 Å². The van der Waals surface area contributed by atoms with Crippen molar-refractivity contribution in [2.24, 2.45) is 5.10 Å². The molecule has 1 aliphatic rings. The Morgan fingerprint density at radius 3 is 2.48 bits per heavy atom. The van der Waals surface area contributed by atoms with Gasteiger partial charge in [0.05, 0.1) is 6.21 Å². The van der Waals surface area contributed by atoms with Crippen LogP contribution < -0.4 is 5.43 Å². The maximum Gasteiger partial charge on any atom is 0.241 e. The topological polar surface area (TPSA) is 47.9 Å². The lowest BCUT2D eigenvalue weighted by molar-refractivity contribution is -0.121. The third kappa shape index (κ3) is 6.12. The summed E-state index contributed by atoms with van der Waals surface area (Å²) >= 11 is 0. The number of hydrogen-bond acceptors (Lipinski definition) is 4. The number of rotatable bonds is 6. The van der Waals surface area contributed by atoms with E-state index in [-0.39, 0.29) is 5.91 Å². The van der Waals surface area contributed by atoms with Crippen LogP contribution in [0.4, 0.5) is 0 Å². The minimum absolute atomic E-state index is 0.0287. The van der Waals surface area contributed by atoms with Crippen LogP contribution in [0.5, 0.6) is 0 Å². The number of nitrogens with zero attached hydrogens (tertiary/aromatic N) is 3. The molecule has 0 aliphatic carbocycles. The van der Waals surface area contributed by atoms with Gasteiger partial charge in [0.25, 0.3) is 0 Å². The molecule has 1 amide bonds. The molecule has 0 saturated carbocycles. The van der Waals surface area contributed by atoms with E-state index in [2.05, 4.69) is 53.4 Å². The highest BCUT2D eigenvalue weighted by molar-refractivity contribution is 5.82. The van der Waals surface area contributed by atoms with E-state index in [0.717, 1.165) is 38.3 Å². The van der Waals surface area contributed by atoms with Crippen molar-refractivity contribution in [1.82, 2.24) is 15.2 Å². The molecule has 2 rings (SSSR count). The van der Waals surface area contributed by atoms with E-state index in [1.807, 2.05) is 12.1 Å². The predicted molar refractivity (Wildman–Crippen MR) is 94.8 cm³/mol. The summed E-state index contributed by atoms with van der Waals surface area (Å²) in [4.78, 5) is 16.5. The lowest BCUT2D eigenvalue weighted by Gasteiger charge is -2.32. The fourth-order valence-electron chi connectivity index (χ4n) is 2.53. The lowest BCUT2D eigenvalue weighted by Crippen LogP contribution is -2.45. The zero-order chi connectivity index (χ0) is 16.7. The normalized spacial score (nSPS) is 17.0. The molecule has 0 bridgehead atoms.